The molecule has 0 fully saturated rings. The molecule has 0 aliphatic rings. The molecule has 6 nitrogen and oxygen atoms in total. The van der Waals surface area contributed by atoms with Crippen LogP contribution in [0.15, 0.2) is 89.7 Å². The summed E-state index contributed by atoms with van der Waals surface area (Å²) < 4.78 is 31.5. The van der Waals surface area contributed by atoms with Crippen LogP contribution in [0.5, 0.6) is 5.75 Å². The zero-order valence-corrected chi connectivity index (χ0v) is 19.3. The third-order valence-electron chi connectivity index (χ3n) is 5.34. The second kappa shape index (κ2) is 8.73. The molecule has 0 saturated heterocycles. The predicted molar refractivity (Wildman–Crippen MR) is 130 cm³/mol. The molecule has 0 saturated carbocycles. The van der Waals surface area contributed by atoms with Gasteiger partial charge in [-0.2, -0.15) is 0 Å². The van der Waals surface area contributed by atoms with Crippen LogP contribution in [0.2, 0.25) is 0 Å². The number of thiazole rings is 1. The summed E-state index contributed by atoms with van der Waals surface area (Å²) in [5.41, 5.74) is 3.53. The second-order valence-corrected chi connectivity index (χ2v) is 10.4. The molecule has 33 heavy (non-hydrogen) atoms. The fourth-order valence-electron chi connectivity index (χ4n) is 3.73. The lowest BCUT2D eigenvalue weighted by Crippen LogP contribution is -2.04. The number of sulfone groups is 1. The average molecular weight is 474 g/mol. The van der Waals surface area contributed by atoms with Gasteiger partial charge in [-0.05, 0) is 47.3 Å². The van der Waals surface area contributed by atoms with Crippen LogP contribution in [-0.2, 0) is 15.6 Å². The molecule has 8 heteroatoms. The first-order valence-electron chi connectivity index (χ1n) is 10.1. The molecule has 0 spiro atoms. The van der Waals surface area contributed by atoms with Crippen molar-refractivity contribution in [2.75, 3.05) is 7.11 Å². The summed E-state index contributed by atoms with van der Waals surface area (Å²) in [7, 11) is -1.88. The third kappa shape index (κ3) is 4.22. The molecule has 0 aliphatic heterocycles. The van der Waals surface area contributed by atoms with Crippen LogP contribution in [-0.4, -0.2) is 30.5 Å². The number of benzene rings is 2. The van der Waals surface area contributed by atoms with Crippen molar-refractivity contribution < 1.29 is 13.2 Å². The smallest absolute Gasteiger partial charge is 0.184 e. The van der Waals surface area contributed by atoms with E-state index >= 15 is 0 Å². The fraction of sp³-hybridized carbons (Fsp3) is 0.0800. The number of hydrogen-bond donors (Lipinski definition) is 0. The monoisotopic (exact) mass is 473 g/mol. The van der Waals surface area contributed by atoms with E-state index in [1.807, 2.05) is 36.4 Å². The molecule has 0 aliphatic carbocycles. The van der Waals surface area contributed by atoms with Crippen molar-refractivity contribution in [3.63, 3.8) is 0 Å². The SMILES string of the molecule is COc1cc(-c2cccnc2)ccc1-c1nccc2cc(S(=O)(=O)Cc3nccs3)ccc12. The van der Waals surface area contributed by atoms with Gasteiger partial charge in [0.1, 0.15) is 16.5 Å². The van der Waals surface area contributed by atoms with Crippen molar-refractivity contribution in [2.45, 2.75) is 10.6 Å². The molecule has 164 valence electrons. The van der Waals surface area contributed by atoms with Crippen molar-refractivity contribution in [3.8, 4) is 28.1 Å². The van der Waals surface area contributed by atoms with E-state index in [0.29, 0.717) is 10.8 Å². The van der Waals surface area contributed by atoms with Crippen molar-refractivity contribution in [1.82, 2.24) is 15.0 Å². The maximum atomic E-state index is 12.9. The molecule has 0 unspecified atom stereocenters. The molecule has 5 rings (SSSR count). The lowest BCUT2D eigenvalue weighted by atomic mass is 9.99. The standard InChI is InChI=1S/C25H19N3O3S2/c1-31-23-14-17(19-3-2-9-26-15-19)4-6-22(23)25-21-7-5-20(13-18(21)8-10-28-25)33(29,30)16-24-27-11-12-32-24/h2-15H,16H2,1H3. The highest BCUT2D eigenvalue weighted by molar-refractivity contribution is 7.90. The normalized spacial score (nSPS) is 11.5. The summed E-state index contributed by atoms with van der Waals surface area (Å²) in [6.45, 7) is 0. The first kappa shape index (κ1) is 21.2. The zero-order valence-electron chi connectivity index (χ0n) is 17.7. The van der Waals surface area contributed by atoms with Gasteiger partial charge in [0.25, 0.3) is 0 Å². The Morgan fingerprint density at radius 1 is 0.939 bits per heavy atom. The highest BCUT2D eigenvalue weighted by Gasteiger charge is 2.19. The summed E-state index contributed by atoms with van der Waals surface area (Å²) in [5, 5.41) is 3.98. The van der Waals surface area contributed by atoms with Crippen molar-refractivity contribution in [1.29, 1.82) is 0 Å². The maximum Gasteiger partial charge on any atom is 0.184 e. The van der Waals surface area contributed by atoms with Gasteiger partial charge in [-0.3, -0.25) is 9.97 Å². The Morgan fingerprint density at radius 3 is 2.61 bits per heavy atom. The first-order chi connectivity index (χ1) is 16.0. The number of nitrogens with zero attached hydrogens (tertiary/aromatic N) is 3. The molecular formula is C25H19N3O3S2. The van der Waals surface area contributed by atoms with Crippen molar-refractivity contribution >= 4 is 31.9 Å². The molecule has 0 radical (unpaired) electrons. The Morgan fingerprint density at radius 2 is 1.85 bits per heavy atom. The summed E-state index contributed by atoms with van der Waals surface area (Å²) in [6.07, 6.45) is 6.84. The van der Waals surface area contributed by atoms with Gasteiger partial charge in [0, 0.05) is 46.7 Å². The Balaban J connectivity index is 1.57. The summed E-state index contributed by atoms with van der Waals surface area (Å²) in [4.78, 5) is 13.1. The van der Waals surface area contributed by atoms with E-state index in [1.165, 1.54) is 11.3 Å². The highest BCUT2D eigenvalue weighted by atomic mass is 32.2. The average Bonchev–Trinajstić information content (AvgIpc) is 3.36. The first-order valence-corrected chi connectivity index (χ1v) is 12.7. The predicted octanol–water partition coefficient (Wildman–Crippen LogP) is 5.40. The molecule has 0 atom stereocenters. The van der Waals surface area contributed by atoms with Crippen LogP contribution < -0.4 is 4.74 Å². The van der Waals surface area contributed by atoms with Crippen LogP contribution in [0.25, 0.3) is 33.2 Å². The Hall–Kier alpha value is -3.62. The number of rotatable bonds is 6. The summed E-state index contributed by atoms with van der Waals surface area (Å²) >= 11 is 1.33. The summed E-state index contributed by atoms with van der Waals surface area (Å²) in [5.74, 6) is 0.564. The molecule has 5 aromatic rings. The number of aromatic nitrogens is 3. The van der Waals surface area contributed by atoms with E-state index in [4.69, 9.17) is 4.74 Å². The lowest BCUT2D eigenvalue weighted by Gasteiger charge is -2.13. The zero-order chi connectivity index (χ0) is 22.8. The lowest BCUT2D eigenvalue weighted by molar-refractivity contribution is 0.416. The van der Waals surface area contributed by atoms with Gasteiger partial charge < -0.3 is 4.74 Å². The topological polar surface area (TPSA) is 82.0 Å². The van der Waals surface area contributed by atoms with E-state index in [2.05, 4.69) is 15.0 Å². The van der Waals surface area contributed by atoms with Gasteiger partial charge in [0.15, 0.2) is 9.84 Å². The highest BCUT2D eigenvalue weighted by Crippen LogP contribution is 2.37. The largest absolute Gasteiger partial charge is 0.496 e. The van der Waals surface area contributed by atoms with Gasteiger partial charge in [0.2, 0.25) is 0 Å². The Bertz CT molecular complexity index is 1530. The van der Waals surface area contributed by atoms with Crippen LogP contribution in [0.1, 0.15) is 5.01 Å². The van der Waals surface area contributed by atoms with Crippen molar-refractivity contribution in [3.05, 3.63) is 89.8 Å². The minimum atomic E-state index is -3.50. The minimum Gasteiger partial charge on any atom is -0.496 e. The molecule has 0 N–H and O–H groups in total. The number of pyridine rings is 2. The van der Waals surface area contributed by atoms with E-state index in [1.54, 1.807) is 55.5 Å². The summed E-state index contributed by atoms with van der Waals surface area (Å²) in [6, 6.07) is 16.8. The van der Waals surface area contributed by atoms with Gasteiger partial charge in [-0.25, -0.2) is 13.4 Å². The van der Waals surface area contributed by atoms with E-state index in [-0.39, 0.29) is 10.6 Å². The van der Waals surface area contributed by atoms with Gasteiger partial charge in [0.05, 0.1) is 17.7 Å². The molecular weight excluding hydrogens is 454 g/mol. The van der Waals surface area contributed by atoms with Crippen LogP contribution in [0.3, 0.4) is 0 Å². The number of methoxy groups -OCH3 is 1. The molecule has 0 amide bonds. The van der Waals surface area contributed by atoms with Gasteiger partial charge >= 0.3 is 0 Å². The fourth-order valence-corrected chi connectivity index (χ4v) is 6.02. The van der Waals surface area contributed by atoms with Gasteiger partial charge in [-0.1, -0.05) is 18.2 Å². The maximum absolute atomic E-state index is 12.9. The second-order valence-electron chi connectivity index (χ2n) is 7.38. The number of fused-ring (bicyclic) bond motifs is 1. The van der Waals surface area contributed by atoms with Crippen LogP contribution in [0.4, 0.5) is 0 Å². The Labute approximate surface area is 195 Å². The molecule has 0 bridgehead atoms. The van der Waals surface area contributed by atoms with Crippen LogP contribution >= 0.6 is 11.3 Å². The quantitative estimate of drug-likeness (QED) is 0.328. The van der Waals surface area contributed by atoms with Crippen LogP contribution in [0, 0.1) is 0 Å². The molecule has 3 aromatic heterocycles. The third-order valence-corrected chi connectivity index (χ3v) is 7.93. The van der Waals surface area contributed by atoms with E-state index in [9.17, 15) is 8.42 Å². The van der Waals surface area contributed by atoms with E-state index in [0.717, 1.165) is 33.2 Å². The van der Waals surface area contributed by atoms with Gasteiger partial charge in [-0.15, -0.1) is 11.3 Å². The van der Waals surface area contributed by atoms with Crippen molar-refractivity contribution in [2.24, 2.45) is 0 Å². The molecule has 2 aromatic carbocycles. The minimum absolute atomic E-state index is 0.113. The number of ether oxygens (including phenoxy) is 1. The number of hydrogen-bond acceptors (Lipinski definition) is 7. The van der Waals surface area contributed by atoms with E-state index < -0.39 is 9.84 Å². The molecule has 3 heterocycles. The Kier molecular flexibility index (Phi) is 5.62.